The molecular weight excluding hydrogens is 497 g/mol. The van der Waals surface area contributed by atoms with Crippen LogP contribution in [0.5, 0.6) is 6.01 Å². The maximum absolute atomic E-state index is 13.2. The average Bonchev–Trinajstić information content (AvgIpc) is 3.31. The first-order valence-corrected chi connectivity index (χ1v) is 12.0. The summed E-state index contributed by atoms with van der Waals surface area (Å²) in [6.45, 7) is 6.53. The van der Waals surface area contributed by atoms with Gasteiger partial charge >= 0.3 is 12.2 Å². The molecule has 0 fully saturated rings. The first-order chi connectivity index (χ1) is 18.2. The van der Waals surface area contributed by atoms with E-state index in [9.17, 15) is 18.0 Å². The minimum atomic E-state index is -4.54. The normalized spacial score (nSPS) is 11.4. The van der Waals surface area contributed by atoms with Crippen LogP contribution in [0.2, 0.25) is 0 Å². The van der Waals surface area contributed by atoms with E-state index in [0.29, 0.717) is 37.0 Å². The van der Waals surface area contributed by atoms with Crippen molar-refractivity contribution in [1.29, 1.82) is 0 Å². The van der Waals surface area contributed by atoms with Crippen LogP contribution in [-0.2, 0) is 10.9 Å². The van der Waals surface area contributed by atoms with Gasteiger partial charge in [0.05, 0.1) is 17.9 Å². The number of ether oxygens (including phenoxy) is 2. The predicted octanol–water partition coefficient (Wildman–Crippen LogP) is 6.24. The van der Waals surface area contributed by atoms with Gasteiger partial charge in [-0.3, -0.25) is 4.79 Å². The Morgan fingerprint density at radius 2 is 1.68 bits per heavy atom. The summed E-state index contributed by atoms with van der Waals surface area (Å²) in [5.74, 6) is -0.0816. The molecule has 0 radical (unpaired) electrons. The molecule has 0 spiro atoms. The van der Waals surface area contributed by atoms with E-state index in [2.05, 4.69) is 15.4 Å². The van der Waals surface area contributed by atoms with Gasteiger partial charge in [0.1, 0.15) is 6.61 Å². The molecule has 1 amide bonds. The first kappa shape index (κ1) is 26.9. The lowest BCUT2D eigenvalue weighted by molar-refractivity contribution is -0.138. The first-order valence-electron chi connectivity index (χ1n) is 12.0. The number of aromatic nitrogens is 3. The third-order valence-electron chi connectivity index (χ3n) is 5.74. The molecule has 38 heavy (non-hydrogen) atoms. The molecule has 1 N–H and O–H groups in total. The van der Waals surface area contributed by atoms with Gasteiger partial charge in [0.15, 0.2) is 5.82 Å². The Kier molecular flexibility index (Phi) is 8.11. The van der Waals surface area contributed by atoms with Gasteiger partial charge in [0.2, 0.25) is 0 Å². The molecule has 1 aromatic heterocycles. The zero-order chi connectivity index (χ0) is 27.3. The van der Waals surface area contributed by atoms with E-state index >= 15 is 0 Å². The number of rotatable bonds is 9. The Morgan fingerprint density at radius 1 is 0.974 bits per heavy atom. The molecule has 0 aliphatic carbocycles. The molecule has 4 rings (SSSR count). The highest BCUT2D eigenvalue weighted by Gasteiger charge is 2.33. The third-order valence-corrected chi connectivity index (χ3v) is 5.74. The van der Waals surface area contributed by atoms with Crippen molar-refractivity contribution in [3.8, 4) is 23.1 Å². The molecule has 0 bridgehead atoms. The minimum Gasteiger partial charge on any atom is -0.460 e. The Bertz CT molecular complexity index is 1400. The zero-order valence-corrected chi connectivity index (χ0v) is 21.2. The van der Waals surface area contributed by atoms with Gasteiger partial charge in [0.25, 0.3) is 5.91 Å². The highest BCUT2D eigenvalue weighted by Crippen LogP contribution is 2.32. The summed E-state index contributed by atoms with van der Waals surface area (Å²) in [5, 5.41) is 7.13. The van der Waals surface area contributed by atoms with E-state index in [1.165, 1.54) is 19.1 Å². The number of carbonyl (C=O) groups is 1. The van der Waals surface area contributed by atoms with E-state index in [-0.39, 0.29) is 17.1 Å². The van der Waals surface area contributed by atoms with Crippen LogP contribution in [0.15, 0.2) is 66.7 Å². The number of anilines is 1. The standard InChI is InChI=1S/C28H27F3N4O3/c1-4-37-15-16-38-27-33-25(20-8-5-18(2)6-9-20)35(34-27)23-13-11-22(12-14-23)32-26(36)21-10-7-19(3)24(17-21)28(29,30)31/h5-14,17H,4,15-16H2,1-3H3,(H,32,36). The molecule has 0 atom stereocenters. The Hall–Kier alpha value is -4.18. The van der Waals surface area contributed by atoms with Crippen LogP contribution in [0, 0.1) is 13.8 Å². The number of aryl methyl sites for hydroxylation is 2. The van der Waals surface area contributed by atoms with Crippen molar-refractivity contribution in [3.05, 3.63) is 89.0 Å². The lowest BCUT2D eigenvalue weighted by Crippen LogP contribution is -2.15. The fourth-order valence-electron chi connectivity index (χ4n) is 3.72. The van der Waals surface area contributed by atoms with Crippen LogP contribution in [0.25, 0.3) is 17.1 Å². The summed E-state index contributed by atoms with van der Waals surface area (Å²) >= 11 is 0. The van der Waals surface area contributed by atoms with Gasteiger partial charge in [-0.15, -0.1) is 5.10 Å². The molecule has 0 saturated heterocycles. The van der Waals surface area contributed by atoms with E-state index in [1.54, 1.807) is 28.9 Å². The van der Waals surface area contributed by atoms with Crippen LogP contribution >= 0.6 is 0 Å². The zero-order valence-electron chi connectivity index (χ0n) is 21.2. The van der Waals surface area contributed by atoms with Gasteiger partial charge in [-0.1, -0.05) is 35.9 Å². The second-order valence-corrected chi connectivity index (χ2v) is 8.57. The molecule has 4 aromatic rings. The van der Waals surface area contributed by atoms with E-state index in [4.69, 9.17) is 9.47 Å². The summed E-state index contributed by atoms with van der Waals surface area (Å²) in [7, 11) is 0. The molecule has 0 saturated carbocycles. The topological polar surface area (TPSA) is 78.3 Å². The van der Waals surface area contributed by atoms with E-state index < -0.39 is 17.6 Å². The maximum Gasteiger partial charge on any atom is 0.416 e. The number of halogens is 3. The number of hydrogen-bond donors (Lipinski definition) is 1. The summed E-state index contributed by atoms with van der Waals surface area (Å²) in [5.41, 5.74) is 2.13. The number of benzene rings is 3. The fourth-order valence-corrected chi connectivity index (χ4v) is 3.72. The van der Waals surface area contributed by atoms with Gasteiger partial charge in [-0.05, 0) is 62.7 Å². The van der Waals surface area contributed by atoms with E-state index in [1.807, 2.05) is 38.1 Å². The van der Waals surface area contributed by atoms with Crippen molar-refractivity contribution in [1.82, 2.24) is 14.8 Å². The van der Waals surface area contributed by atoms with Gasteiger partial charge in [-0.2, -0.15) is 18.2 Å². The lowest BCUT2D eigenvalue weighted by Gasteiger charge is -2.12. The van der Waals surface area contributed by atoms with Crippen molar-refractivity contribution in [2.45, 2.75) is 26.9 Å². The van der Waals surface area contributed by atoms with Crippen molar-refractivity contribution < 1.29 is 27.4 Å². The number of carbonyl (C=O) groups excluding carboxylic acids is 1. The molecular formula is C28H27F3N4O3. The number of hydrogen-bond acceptors (Lipinski definition) is 5. The Balaban J connectivity index is 1.56. The highest BCUT2D eigenvalue weighted by molar-refractivity contribution is 6.04. The molecule has 0 aliphatic rings. The van der Waals surface area contributed by atoms with Crippen molar-refractivity contribution >= 4 is 11.6 Å². The molecule has 0 aliphatic heterocycles. The van der Waals surface area contributed by atoms with Crippen molar-refractivity contribution in [3.63, 3.8) is 0 Å². The maximum atomic E-state index is 13.2. The Morgan fingerprint density at radius 3 is 2.34 bits per heavy atom. The largest absolute Gasteiger partial charge is 0.460 e. The second kappa shape index (κ2) is 11.5. The monoisotopic (exact) mass is 524 g/mol. The number of amides is 1. The molecule has 3 aromatic carbocycles. The van der Waals surface area contributed by atoms with Crippen LogP contribution in [0.1, 0.15) is 34.0 Å². The highest BCUT2D eigenvalue weighted by atomic mass is 19.4. The quantitative estimate of drug-likeness (QED) is 0.262. The fraction of sp³-hybridized carbons (Fsp3) is 0.250. The minimum absolute atomic E-state index is 0.0526. The number of nitrogens with zero attached hydrogens (tertiary/aromatic N) is 3. The van der Waals surface area contributed by atoms with Gasteiger partial charge in [0, 0.05) is 23.4 Å². The SMILES string of the molecule is CCOCCOc1nc(-c2ccc(C)cc2)n(-c2ccc(NC(=O)c3ccc(C)c(C(F)(F)F)c3)cc2)n1. The van der Waals surface area contributed by atoms with E-state index in [0.717, 1.165) is 17.2 Å². The summed E-state index contributed by atoms with van der Waals surface area (Å²) in [4.78, 5) is 17.2. The summed E-state index contributed by atoms with van der Waals surface area (Å²) in [6.07, 6.45) is -4.54. The summed E-state index contributed by atoms with van der Waals surface area (Å²) < 4.78 is 52.3. The predicted molar refractivity (Wildman–Crippen MR) is 138 cm³/mol. The third kappa shape index (κ3) is 6.38. The molecule has 10 heteroatoms. The van der Waals surface area contributed by atoms with Crippen molar-refractivity contribution in [2.24, 2.45) is 0 Å². The molecule has 7 nitrogen and oxygen atoms in total. The van der Waals surface area contributed by atoms with Crippen LogP contribution < -0.4 is 10.1 Å². The number of alkyl halides is 3. The average molecular weight is 525 g/mol. The smallest absolute Gasteiger partial charge is 0.416 e. The number of nitrogens with one attached hydrogen (secondary N) is 1. The van der Waals surface area contributed by atoms with Crippen LogP contribution in [0.3, 0.4) is 0 Å². The second-order valence-electron chi connectivity index (χ2n) is 8.57. The van der Waals surface area contributed by atoms with Crippen LogP contribution in [0.4, 0.5) is 18.9 Å². The Labute approximate surface area is 218 Å². The molecule has 198 valence electrons. The lowest BCUT2D eigenvalue weighted by atomic mass is 10.0. The molecule has 1 heterocycles. The molecule has 0 unspecified atom stereocenters. The van der Waals surface area contributed by atoms with Gasteiger partial charge in [-0.25, -0.2) is 4.68 Å². The van der Waals surface area contributed by atoms with Crippen LogP contribution in [-0.4, -0.2) is 40.5 Å². The van der Waals surface area contributed by atoms with Crippen molar-refractivity contribution in [2.75, 3.05) is 25.1 Å². The summed E-state index contributed by atoms with van der Waals surface area (Å²) in [6, 6.07) is 18.2. The van der Waals surface area contributed by atoms with Gasteiger partial charge < -0.3 is 14.8 Å².